The van der Waals surface area contributed by atoms with Crippen LogP contribution in [0.15, 0.2) is 0 Å². The van der Waals surface area contributed by atoms with Gasteiger partial charge in [0.05, 0.1) is 12.7 Å². The molecule has 0 aromatic carbocycles. The summed E-state index contributed by atoms with van der Waals surface area (Å²) in [5.41, 5.74) is 5.30. The predicted molar refractivity (Wildman–Crippen MR) is 49.1 cm³/mol. The van der Waals surface area contributed by atoms with Gasteiger partial charge in [0.15, 0.2) is 0 Å². The standard InChI is InChI=1S/C8H20N2O2/c1-3-10(4-5-12-2)7-8(11)6-9/h8,11H,3-7,9H2,1-2H3. The highest BCUT2D eigenvalue weighted by Crippen LogP contribution is 1.90. The average Bonchev–Trinajstić information content (AvgIpc) is 2.11. The fraction of sp³-hybridized carbons (Fsp3) is 1.00. The molecule has 0 aromatic rings. The highest BCUT2D eigenvalue weighted by molar-refractivity contribution is 4.63. The number of nitrogens with zero attached hydrogens (tertiary/aromatic N) is 1. The number of hydrogen-bond acceptors (Lipinski definition) is 4. The third-order valence-electron chi connectivity index (χ3n) is 1.80. The van der Waals surface area contributed by atoms with E-state index in [9.17, 15) is 5.11 Å². The Labute approximate surface area is 74.3 Å². The Hall–Kier alpha value is -0.160. The van der Waals surface area contributed by atoms with Crippen LogP contribution in [-0.2, 0) is 4.74 Å². The molecular weight excluding hydrogens is 156 g/mol. The van der Waals surface area contributed by atoms with Crippen LogP contribution >= 0.6 is 0 Å². The third-order valence-corrected chi connectivity index (χ3v) is 1.80. The van der Waals surface area contributed by atoms with E-state index in [1.54, 1.807) is 7.11 Å². The highest BCUT2D eigenvalue weighted by Gasteiger charge is 2.07. The summed E-state index contributed by atoms with van der Waals surface area (Å²) in [5, 5.41) is 9.25. The van der Waals surface area contributed by atoms with Crippen molar-refractivity contribution < 1.29 is 9.84 Å². The van der Waals surface area contributed by atoms with Gasteiger partial charge in [0.2, 0.25) is 0 Å². The van der Waals surface area contributed by atoms with Crippen LogP contribution in [-0.4, -0.2) is 56.0 Å². The molecule has 0 amide bonds. The molecule has 0 aromatic heterocycles. The van der Waals surface area contributed by atoms with Crippen molar-refractivity contribution in [3.05, 3.63) is 0 Å². The zero-order valence-electron chi connectivity index (χ0n) is 7.99. The van der Waals surface area contributed by atoms with E-state index < -0.39 is 6.10 Å². The zero-order chi connectivity index (χ0) is 9.40. The number of aliphatic hydroxyl groups excluding tert-OH is 1. The van der Waals surface area contributed by atoms with Gasteiger partial charge in [-0.3, -0.25) is 4.90 Å². The molecular formula is C8H20N2O2. The van der Waals surface area contributed by atoms with Crippen LogP contribution in [0.4, 0.5) is 0 Å². The van der Waals surface area contributed by atoms with Crippen LogP contribution in [0, 0.1) is 0 Å². The van der Waals surface area contributed by atoms with Crippen molar-refractivity contribution in [1.29, 1.82) is 0 Å². The number of rotatable bonds is 7. The van der Waals surface area contributed by atoms with Crippen molar-refractivity contribution in [3.63, 3.8) is 0 Å². The van der Waals surface area contributed by atoms with Gasteiger partial charge < -0.3 is 15.6 Å². The Bertz CT molecular complexity index is 101. The summed E-state index contributed by atoms with van der Waals surface area (Å²) in [6.07, 6.45) is -0.415. The molecule has 3 N–H and O–H groups in total. The van der Waals surface area contributed by atoms with E-state index in [1.807, 2.05) is 0 Å². The van der Waals surface area contributed by atoms with Crippen molar-refractivity contribution in [2.75, 3.05) is 39.9 Å². The van der Waals surface area contributed by atoms with Crippen LogP contribution < -0.4 is 5.73 Å². The lowest BCUT2D eigenvalue weighted by Gasteiger charge is -2.22. The molecule has 0 radical (unpaired) electrons. The van der Waals surface area contributed by atoms with Gasteiger partial charge in [-0.2, -0.15) is 0 Å². The zero-order valence-corrected chi connectivity index (χ0v) is 7.99. The SMILES string of the molecule is CCN(CCOC)CC(O)CN. The number of ether oxygens (including phenoxy) is 1. The molecule has 74 valence electrons. The average molecular weight is 176 g/mol. The molecule has 0 spiro atoms. The Morgan fingerprint density at radius 2 is 2.25 bits per heavy atom. The van der Waals surface area contributed by atoms with Crippen molar-refractivity contribution >= 4 is 0 Å². The Morgan fingerprint density at radius 3 is 2.67 bits per heavy atom. The molecule has 0 fully saturated rings. The molecule has 0 saturated carbocycles. The molecule has 0 aliphatic carbocycles. The number of aliphatic hydroxyl groups is 1. The van der Waals surface area contributed by atoms with Gasteiger partial charge in [-0.1, -0.05) is 6.92 Å². The van der Waals surface area contributed by atoms with Crippen LogP contribution in [0.1, 0.15) is 6.92 Å². The van der Waals surface area contributed by atoms with E-state index in [4.69, 9.17) is 10.5 Å². The van der Waals surface area contributed by atoms with E-state index >= 15 is 0 Å². The Balaban J connectivity index is 3.51. The van der Waals surface area contributed by atoms with E-state index in [1.165, 1.54) is 0 Å². The minimum atomic E-state index is -0.415. The first-order valence-corrected chi connectivity index (χ1v) is 4.34. The van der Waals surface area contributed by atoms with Gasteiger partial charge in [0, 0.05) is 26.7 Å². The lowest BCUT2D eigenvalue weighted by Crippen LogP contribution is -2.38. The second kappa shape index (κ2) is 7.49. The number of hydrogen-bond donors (Lipinski definition) is 2. The molecule has 0 aliphatic heterocycles. The molecule has 0 saturated heterocycles. The predicted octanol–water partition coefficient (Wildman–Crippen LogP) is -0.726. The van der Waals surface area contributed by atoms with Gasteiger partial charge in [-0.25, -0.2) is 0 Å². The van der Waals surface area contributed by atoms with E-state index in [0.29, 0.717) is 19.7 Å². The number of nitrogens with two attached hydrogens (primary N) is 1. The lowest BCUT2D eigenvalue weighted by atomic mass is 10.3. The van der Waals surface area contributed by atoms with Crippen molar-refractivity contribution in [2.45, 2.75) is 13.0 Å². The summed E-state index contributed by atoms with van der Waals surface area (Å²) < 4.78 is 4.93. The number of likely N-dealkylation sites (N-methyl/N-ethyl adjacent to an activating group) is 1. The third kappa shape index (κ3) is 5.49. The fourth-order valence-corrected chi connectivity index (χ4v) is 0.971. The summed E-state index contributed by atoms with van der Waals surface area (Å²) in [4.78, 5) is 2.11. The summed E-state index contributed by atoms with van der Waals surface area (Å²) >= 11 is 0. The molecule has 1 atom stereocenters. The maximum atomic E-state index is 9.25. The van der Waals surface area contributed by atoms with Crippen molar-refractivity contribution in [3.8, 4) is 0 Å². The topological polar surface area (TPSA) is 58.7 Å². The summed E-state index contributed by atoms with van der Waals surface area (Å²) in [7, 11) is 1.67. The lowest BCUT2D eigenvalue weighted by molar-refractivity contribution is 0.0962. The molecule has 1 unspecified atom stereocenters. The molecule has 0 bridgehead atoms. The first-order valence-electron chi connectivity index (χ1n) is 4.34. The number of methoxy groups -OCH3 is 1. The van der Waals surface area contributed by atoms with Gasteiger partial charge in [0.1, 0.15) is 0 Å². The Kier molecular flexibility index (Phi) is 7.39. The van der Waals surface area contributed by atoms with E-state index in [-0.39, 0.29) is 0 Å². The normalized spacial score (nSPS) is 13.8. The molecule has 4 heteroatoms. The van der Waals surface area contributed by atoms with Gasteiger partial charge in [-0.05, 0) is 6.54 Å². The Morgan fingerprint density at radius 1 is 1.58 bits per heavy atom. The second-order valence-corrected chi connectivity index (χ2v) is 2.78. The maximum Gasteiger partial charge on any atom is 0.0789 e. The summed E-state index contributed by atoms with van der Waals surface area (Å²) in [5.74, 6) is 0. The molecule has 4 nitrogen and oxygen atoms in total. The van der Waals surface area contributed by atoms with Gasteiger partial charge in [-0.15, -0.1) is 0 Å². The largest absolute Gasteiger partial charge is 0.390 e. The van der Waals surface area contributed by atoms with Crippen molar-refractivity contribution in [2.24, 2.45) is 5.73 Å². The maximum absolute atomic E-state index is 9.25. The molecule has 12 heavy (non-hydrogen) atoms. The van der Waals surface area contributed by atoms with Crippen LogP contribution in [0.5, 0.6) is 0 Å². The quantitative estimate of drug-likeness (QED) is 0.537. The fourth-order valence-electron chi connectivity index (χ4n) is 0.971. The molecule has 0 aliphatic rings. The summed E-state index contributed by atoms with van der Waals surface area (Å²) in [6.45, 7) is 5.48. The molecule has 0 heterocycles. The second-order valence-electron chi connectivity index (χ2n) is 2.78. The first kappa shape index (κ1) is 11.8. The first-order chi connectivity index (χ1) is 5.74. The van der Waals surface area contributed by atoms with E-state index in [2.05, 4.69) is 11.8 Å². The minimum Gasteiger partial charge on any atom is -0.390 e. The van der Waals surface area contributed by atoms with Crippen LogP contribution in [0.25, 0.3) is 0 Å². The van der Waals surface area contributed by atoms with Crippen LogP contribution in [0.3, 0.4) is 0 Å². The van der Waals surface area contributed by atoms with E-state index in [0.717, 1.165) is 13.1 Å². The van der Waals surface area contributed by atoms with Crippen molar-refractivity contribution in [1.82, 2.24) is 4.90 Å². The molecule has 0 rings (SSSR count). The van der Waals surface area contributed by atoms with Gasteiger partial charge in [0.25, 0.3) is 0 Å². The summed E-state index contributed by atoms with van der Waals surface area (Å²) in [6, 6.07) is 0. The van der Waals surface area contributed by atoms with Gasteiger partial charge >= 0.3 is 0 Å². The highest BCUT2D eigenvalue weighted by atomic mass is 16.5. The minimum absolute atomic E-state index is 0.323. The van der Waals surface area contributed by atoms with Crippen LogP contribution in [0.2, 0.25) is 0 Å². The smallest absolute Gasteiger partial charge is 0.0789 e. The monoisotopic (exact) mass is 176 g/mol.